The average molecular weight is 258 g/mol. The van der Waals surface area contributed by atoms with Crippen molar-refractivity contribution in [1.29, 1.82) is 0 Å². The van der Waals surface area contributed by atoms with Gasteiger partial charge in [-0.15, -0.1) is 0 Å². The molecule has 0 aromatic carbocycles. The Morgan fingerprint density at radius 2 is 1.89 bits per heavy atom. The van der Waals surface area contributed by atoms with E-state index in [1.54, 1.807) is 0 Å². The van der Waals surface area contributed by atoms with Crippen LogP contribution in [0.25, 0.3) is 0 Å². The van der Waals surface area contributed by atoms with E-state index in [0.29, 0.717) is 12.5 Å². The van der Waals surface area contributed by atoms with Crippen molar-refractivity contribution in [3.05, 3.63) is 0 Å². The molecule has 6 nitrogen and oxygen atoms in total. The third kappa shape index (κ3) is 5.77. The zero-order valence-corrected chi connectivity index (χ0v) is 10.1. The van der Waals surface area contributed by atoms with Gasteiger partial charge in [0.15, 0.2) is 5.78 Å². The van der Waals surface area contributed by atoms with Crippen LogP contribution >= 0.6 is 0 Å². The molecule has 1 fully saturated rings. The summed E-state index contributed by atoms with van der Waals surface area (Å²) in [6, 6.07) is 0. The second kappa shape index (κ2) is 7.10. The van der Waals surface area contributed by atoms with Crippen molar-refractivity contribution < 1.29 is 29.3 Å². The summed E-state index contributed by atoms with van der Waals surface area (Å²) in [6.07, 6.45) is 2.32. The van der Waals surface area contributed by atoms with Gasteiger partial charge in [-0.05, 0) is 31.6 Å². The van der Waals surface area contributed by atoms with Gasteiger partial charge < -0.3 is 14.9 Å². The SMILES string of the molecule is O=C(O)CCCC(C(=O)O)C(=O)COCC1CC1. The summed E-state index contributed by atoms with van der Waals surface area (Å²) in [7, 11) is 0. The molecule has 1 aliphatic carbocycles. The second-order valence-corrected chi connectivity index (χ2v) is 4.60. The van der Waals surface area contributed by atoms with Crippen molar-refractivity contribution >= 4 is 17.7 Å². The minimum absolute atomic E-state index is 0.0489. The van der Waals surface area contributed by atoms with Crippen LogP contribution in [0.3, 0.4) is 0 Å². The minimum Gasteiger partial charge on any atom is -0.481 e. The Morgan fingerprint density at radius 3 is 2.39 bits per heavy atom. The van der Waals surface area contributed by atoms with E-state index in [2.05, 4.69) is 0 Å². The van der Waals surface area contributed by atoms with Crippen LogP contribution in [-0.2, 0) is 19.1 Å². The molecule has 0 heterocycles. The molecule has 6 heteroatoms. The quantitative estimate of drug-likeness (QED) is 0.565. The topological polar surface area (TPSA) is 101 Å². The number of carbonyl (C=O) groups is 3. The summed E-state index contributed by atoms with van der Waals surface area (Å²) in [5, 5.41) is 17.4. The maximum absolute atomic E-state index is 11.6. The highest BCUT2D eigenvalue weighted by Gasteiger charge is 2.27. The summed E-state index contributed by atoms with van der Waals surface area (Å²) >= 11 is 0. The number of ketones is 1. The standard InChI is InChI=1S/C12H18O6/c13-10(7-18-6-8-4-5-8)9(12(16)17)2-1-3-11(14)15/h8-9H,1-7H2,(H,14,15)(H,16,17). The highest BCUT2D eigenvalue weighted by atomic mass is 16.5. The second-order valence-electron chi connectivity index (χ2n) is 4.60. The Morgan fingerprint density at radius 1 is 1.22 bits per heavy atom. The number of carboxylic acids is 2. The number of hydrogen-bond acceptors (Lipinski definition) is 4. The maximum atomic E-state index is 11.6. The van der Waals surface area contributed by atoms with E-state index in [4.69, 9.17) is 14.9 Å². The number of hydrogen-bond donors (Lipinski definition) is 2. The van der Waals surface area contributed by atoms with Crippen LogP contribution in [-0.4, -0.2) is 41.1 Å². The number of carbonyl (C=O) groups excluding carboxylic acids is 1. The molecule has 1 rings (SSSR count). The molecule has 102 valence electrons. The molecule has 0 amide bonds. The van der Waals surface area contributed by atoms with Gasteiger partial charge in [-0.1, -0.05) is 0 Å². The molecule has 1 unspecified atom stereocenters. The monoisotopic (exact) mass is 258 g/mol. The van der Waals surface area contributed by atoms with Gasteiger partial charge in [0.25, 0.3) is 0 Å². The Hall–Kier alpha value is -1.43. The molecular formula is C12H18O6. The summed E-state index contributed by atoms with van der Waals surface area (Å²) in [5.41, 5.74) is 0. The Bertz CT molecular complexity index is 321. The first kappa shape index (κ1) is 14.6. The van der Waals surface area contributed by atoms with E-state index >= 15 is 0 Å². The summed E-state index contributed by atoms with van der Waals surface area (Å²) < 4.78 is 5.15. The summed E-state index contributed by atoms with van der Waals surface area (Å²) in [6.45, 7) is 0.313. The first-order valence-electron chi connectivity index (χ1n) is 6.05. The Labute approximate surface area is 105 Å². The smallest absolute Gasteiger partial charge is 0.314 e. The van der Waals surface area contributed by atoms with Crippen LogP contribution in [0, 0.1) is 11.8 Å². The molecular weight excluding hydrogens is 240 g/mol. The Kier molecular flexibility index (Phi) is 5.77. The molecule has 2 N–H and O–H groups in total. The lowest BCUT2D eigenvalue weighted by Gasteiger charge is -2.10. The van der Waals surface area contributed by atoms with Crippen LogP contribution in [0.2, 0.25) is 0 Å². The predicted molar refractivity (Wildman–Crippen MR) is 61.2 cm³/mol. The Balaban J connectivity index is 2.26. The normalized spacial score (nSPS) is 16.2. The average Bonchev–Trinajstić information content (AvgIpc) is 3.07. The molecule has 1 saturated carbocycles. The molecule has 0 aliphatic heterocycles. The highest BCUT2D eigenvalue weighted by Crippen LogP contribution is 2.28. The fourth-order valence-corrected chi connectivity index (χ4v) is 1.59. The third-order valence-corrected chi connectivity index (χ3v) is 2.86. The van der Waals surface area contributed by atoms with Crippen LogP contribution in [0.5, 0.6) is 0 Å². The predicted octanol–water partition coefficient (Wildman–Crippen LogP) is 0.938. The molecule has 0 aromatic rings. The fraction of sp³-hybridized carbons (Fsp3) is 0.750. The highest BCUT2D eigenvalue weighted by molar-refractivity contribution is 5.98. The first-order valence-corrected chi connectivity index (χ1v) is 6.05. The zero-order chi connectivity index (χ0) is 13.5. The molecule has 0 saturated heterocycles. The molecule has 0 spiro atoms. The number of aliphatic carboxylic acids is 2. The van der Waals surface area contributed by atoms with E-state index in [1.165, 1.54) is 0 Å². The lowest BCUT2D eigenvalue weighted by molar-refractivity contribution is -0.148. The van der Waals surface area contributed by atoms with Crippen molar-refractivity contribution in [1.82, 2.24) is 0 Å². The maximum Gasteiger partial charge on any atom is 0.314 e. The van der Waals surface area contributed by atoms with E-state index < -0.39 is 23.6 Å². The number of rotatable bonds is 10. The minimum atomic E-state index is -1.21. The van der Waals surface area contributed by atoms with Crippen molar-refractivity contribution in [2.24, 2.45) is 11.8 Å². The summed E-state index contributed by atoms with van der Waals surface area (Å²) in [4.78, 5) is 32.8. The third-order valence-electron chi connectivity index (χ3n) is 2.86. The first-order chi connectivity index (χ1) is 8.50. The van der Waals surface area contributed by atoms with E-state index in [0.717, 1.165) is 12.8 Å². The molecule has 0 bridgehead atoms. The van der Waals surface area contributed by atoms with E-state index in [-0.39, 0.29) is 25.9 Å². The number of carboxylic acid groups (broad SMARTS) is 2. The fourth-order valence-electron chi connectivity index (χ4n) is 1.59. The lowest BCUT2D eigenvalue weighted by atomic mass is 9.98. The van der Waals surface area contributed by atoms with Gasteiger partial charge in [-0.2, -0.15) is 0 Å². The summed E-state index contributed by atoms with van der Waals surface area (Å²) in [5.74, 6) is -3.30. The molecule has 0 aromatic heterocycles. The van der Waals surface area contributed by atoms with Crippen molar-refractivity contribution in [2.45, 2.75) is 32.1 Å². The van der Waals surface area contributed by atoms with Crippen LogP contribution in [0.15, 0.2) is 0 Å². The number of Topliss-reactive ketones (excluding diaryl/α,β-unsaturated/α-hetero) is 1. The molecule has 1 aliphatic rings. The van der Waals surface area contributed by atoms with E-state index in [9.17, 15) is 14.4 Å². The van der Waals surface area contributed by atoms with Gasteiger partial charge >= 0.3 is 11.9 Å². The molecule has 18 heavy (non-hydrogen) atoms. The van der Waals surface area contributed by atoms with Crippen molar-refractivity contribution in [2.75, 3.05) is 13.2 Å². The van der Waals surface area contributed by atoms with Crippen LogP contribution in [0.4, 0.5) is 0 Å². The molecule has 1 atom stereocenters. The van der Waals surface area contributed by atoms with Crippen LogP contribution < -0.4 is 0 Å². The van der Waals surface area contributed by atoms with Gasteiger partial charge in [-0.25, -0.2) is 0 Å². The van der Waals surface area contributed by atoms with Gasteiger partial charge in [-0.3, -0.25) is 14.4 Å². The molecule has 0 radical (unpaired) electrons. The number of ether oxygens (including phenoxy) is 1. The largest absolute Gasteiger partial charge is 0.481 e. The van der Waals surface area contributed by atoms with Gasteiger partial charge in [0, 0.05) is 13.0 Å². The van der Waals surface area contributed by atoms with Crippen LogP contribution in [0.1, 0.15) is 32.1 Å². The van der Waals surface area contributed by atoms with Gasteiger partial charge in [0.1, 0.15) is 12.5 Å². The van der Waals surface area contributed by atoms with Crippen molar-refractivity contribution in [3.63, 3.8) is 0 Å². The van der Waals surface area contributed by atoms with E-state index in [1.807, 2.05) is 0 Å². The van der Waals surface area contributed by atoms with Gasteiger partial charge in [0.05, 0.1) is 0 Å². The van der Waals surface area contributed by atoms with Crippen molar-refractivity contribution in [3.8, 4) is 0 Å². The lowest BCUT2D eigenvalue weighted by Crippen LogP contribution is -2.27. The van der Waals surface area contributed by atoms with Gasteiger partial charge in [0.2, 0.25) is 0 Å². The zero-order valence-electron chi connectivity index (χ0n) is 10.1.